The van der Waals surface area contributed by atoms with Crippen molar-refractivity contribution in [1.82, 2.24) is 0 Å². The molecule has 2 rings (SSSR count). The standard InChI is InChI=1S/C13H12O3S/c1-15-12-6-10(9-3-4-17-8-9)5-11(7-14)13(12)16-2/h3-8H,1-2H3. The number of thiophene rings is 1. The van der Waals surface area contributed by atoms with Crippen LogP contribution in [0.3, 0.4) is 0 Å². The maximum Gasteiger partial charge on any atom is 0.171 e. The van der Waals surface area contributed by atoms with Crippen molar-refractivity contribution < 1.29 is 14.3 Å². The van der Waals surface area contributed by atoms with E-state index in [1.165, 1.54) is 7.11 Å². The average Bonchev–Trinajstić information content (AvgIpc) is 2.90. The Morgan fingerprint density at radius 2 is 2.00 bits per heavy atom. The van der Waals surface area contributed by atoms with Crippen LogP contribution in [0.1, 0.15) is 10.4 Å². The Kier molecular flexibility index (Phi) is 3.44. The van der Waals surface area contributed by atoms with Crippen molar-refractivity contribution in [1.29, 1.82) is 0 Å². The maximum absolute atomic E-state index is 11.0. The van der Waals surface area contributed by atoms with E-state index < -0.39 is 0 Å². The number of hydrogen-bond acceptors (Lipinski definition) is 4. The van der Waals surface area contributed by atoms with Gasteiger partial charge in [0.05, 0.1) is 19.8 Å². The summed E-state index contributed by atoms with van der Waals surface area (Å²) in [7, 11) is 3.08. The van der Waals surface area contributed by atoms with E-state index in [1.54, 1.807) is 24.5 Å². The topological polar surface area (TPSA) is 35.5 Å². The molecule has 0 aliphatic carbocycles. The first-order chi connectivity index (χ1) is 8.30. The first-order valence-corrected chi connectivity index (χ1v) is 5.98. The Bertz CT molecular complexity index is 518. The third-order valence-corrected chi connectivity index (χ3v) is 3.17. The quantitative estimate of drug-likeness (QED) is 0.779. The summed E-state index contributed by atoms with van der Waals surface area (Å²) < 4.78 is 10.4. The van der Waals surface area contributed by atoms with E-state index >= 15 is 0 Å². The maximum atomic E-state index is 11.0. The summed E-state index contributed by atoms with van der Waals surface area (Å²) in [6.07, 6.45) is 0.775. The highest BCUT2D eigenvalue weighted by Gasteiger charge is 2.12. The molecule has 2 aromatic rings. The predicted molar refractivity (Wildman–Crippen MR) is 68.2 cm³/mol. The lowest BCUT2D eigenvalue weighted by Gasteiger charge is -2.11. The predicted octanol–water partition coefficient (Wildman–Crippen LogP) is 3.24. The van der Waals surface area contributed by atoms with Crippen LogP contribution in [0.25, 0.3) is 11.1 Å². The van der Waals surface area contributed by atoms with Gasteiger partial charge in [0.25, 0.3) is 0 Å². The largest absolute Gasteiger partial charge is 0.493 e. The summed E-state index contributed by atoms with van der Waals surface area (Å²) in [4.78, 5) is 11.0. The van der Waals surface area contributed by atoms with Gasteiger partial charge in [-0.2, -0.15) is 11.3 Å². The van der Waals surface area contributed by atoms with Crippen LogP contribution >= 0.6 is 11.3 Å². The van der Waals surface area contributed by atoms with Crippen LogP contribution in [-0.4, -0.2) is 20.5 Å². The van der Waals surface area contributed by atoms with Gasteiger partial charge in [0.15, 0.2) is 17.8 Å². The Morgan fingerprint density at radius 3 is 2.53 bits per heavy atom. The van der Waals surface area contributed by atoms with Crippen LogP contribution in [0.15, 0.2) is 29.0 Å². The van der Waals surface area contributed by atoms with Crippen molar-refractivity contribution in [3.63, 3.8) is 0 Å². The molecule has 88 valence electrons. The molecule has 17 heavy (non-hydrogen) atoms. The first kappa shape index (κ1) is 11.7. The second-order valence-electron chi connectivity index (χ2n) is 3.43. The molecule has 0 spiro atoms. The van der Waals surface area contributed by atoms with Crippen LogP contribution in [0, 0.1) is 0 Å². The molecule has 0 unspecified atom stereocenters. The fourth-order valence-electron chi connectivity index (χ4n) is 1.68. The molecule has 0 fully saturated rings. The Morgan fingerprint density at radius 1 is 1.18 bits per heavy atom. The summed E-state index contributed by atoms with van der Waals surface area (Å²) in [6.45, 7) is 0. The zero-order chi connectivity index (χ0) is 12.3. The van der Waals surface area contributed by atoms with Gasteiger partial charge in [-0.15, -0.1) is 0 Å². The third kappa shape index (κ3) is 2.17. The fraction of sp³-hybridized carbons (Fsp3) is 0.154. The van der Waals surface area contributed by atoms with Crippen LogP contribution in [0.5, 0.6) is 11.5 Å². The van der Waals surface area contributed by atoms with Gasteiger partial charge >= 0.3 is 0 Å². The van der Waals surface area contributed by atoms with Crippen LogP contribution in [0.2, 0.25) is 0 Å². The highest BCUT2D eigenvalue weighted by Crippen LogP contribution is 2.36. The van der Waals surface area contributed by atoms with E-state index in [-0.39, 0.29) is 0 Å². The average molecular weight is 248 g/mol. The number of rotatable bonds is 4. The molecule has 1 heterocycles. The van der Waals surface area contributed by atoms with Gasteiger partial charge in [-0.1, -0.05) is 0 Å². The minimum Gasteiger partial charge on any atom is -0.493 e. The van der Waals surface area contributed by atoms with E-state index in [2.05, 4.69) is 0 Å². The molecule has 0 aliphatic rings. The van der Waals surface area contributed by atoms with Crippen LogP contribution < -0.4 is 9.47 Å². The number of methoxy groups -OCH3 is 2. The van der Waals surface area contributed by atoms with Crippen molar-refractivity contribution in [2.24, 2.45) is 0 Å². The second-order valence-corrected chi connectivity index (χ2v) is 4.21. The zero-order valence-electron chi connectivity index (χ0n) is 9.60. The molecule has 1 aromatic heterocycles. The number of carbonyl (C=O) groups excluding carboxylic acids is 1. The van der Waals surface area contributed by atoms with Crippen molar-refractivity contribution >= 4 is 17.6 Å². The number of carbonyl (C=O) groups is 1. The molecule has 0 N–H and O–H groups in total. The lowest BCUT2D eigenvalue weighted by molar-refractivity contribution is 0.112. The Hall–Kier alpha value is -1.81. The SMILES string of the molecule is COc1cc(-c2ccsc2)cc(C=O)c1OC. The van der Waals surface area contributed by atoms with Gasteiger partial charge in [-0.05, 0) is 40.1 Å². The second kappa shape index (κ2) is 5.01. The van der Waals surface area contributed by atoms with E-state index in [0.29, 0.717) is 17.1 Å². The Balaban J connectivity index is 2.60. The van der Waals surface area contributed by atoms with Gasteiger partial charge in [-0.3, -0.25) is 4.79 Å². The van der Waals surface area contributed by atoms with Gasteiger partial charge < -0.3 is 9.47 Å². The third-order valence-electron chi connectivity index (χ3n) is 2.49. The Labute approximate surface area is 104 Å². The van der Waals surface area contributed by atoms with Crippen molar-refractivity contribution in [3.05, 3.63) is 34.5 Å². The molecule has 1 aromatic carbocycles. The molecule has 3 nitrogen and oxygen atoms in total. The molecular weight excluding hydrogens is 236 g/mol. The van der Waals surface area contributed by atoms with Crippen molar-refractivity contribution in [3.8, 4) is 22.6 Å². The summed E-state index contributed by atoms with van der Waals surface area (Å²) in [6, 6.07) is 5.67. The summed E-state index contributed by atoms with van der Waals surface area (Å²) in [5.74, 6) is 1.04. The monoisotopic (exact) mass is 248 g/mol. The molecule has 0 radical (unpaired) electrons. The smallest absolute Gasteiger partial charge is 0.171 e. The normalized spacial score (nSPS) is 10.0. The molecular formula is C13H12O3S. The number of ether oxygens (including phenoxy) is 2. The minimum absolute atomic E-state index is 0.474. The fourth-order valence-corrected chi connectivity index (χ4v) is 2.34. The number of benzene rings is 1. The van der Waals surface area contributed by atoms with Crippen LogP contribution in [-0.2, 0) is 0 Å². The van der Waals surface area contributed by atoms with Gasteiger partial charge in [0.2, 0.25) is 0 Å². The lowest BCUT2D eigenvalue weighted by atomic mass is 10.0. The molecule has 0 atom stereocenters. The van der Waals surface area contributed by atoms with Crippen molar-refractivity contribution in [2.45, 2.75) is 0 Å². The van der Waals surface area contributed by atoms with Gasteiger partial charge in [-0.25, -0.2) is 0 Å². The van der Waals surface area contributed by atoms with Gasteiger partial charge in [0.1, 0.15) is 0 Å². The number of hydrogen-bond donors (Lipinski definition) is 0. The van der Waals surface area contributed by atoms with Crippen LogP contribution in [0.4, 0.5) is 0 Å². The molecule has 0 bridgehead atoms. The summed E-state index contributed by atoms with van der Waals surface area (Å²) in [5, 5.41) is 4.02. The van der Waals surface area contributed by atoms with E-state index in [0.717, 1.165) is 17.4 Å². The lowest BCUT2D eigenvalue weighted by Crippen LogP contribution is -1.96. The zero-order valence-corrected chi connectivity index (χ0v) is 10.4. The highest BCUT2D eigenvalue weighted by atomic mass is 32.1. The van der Waals surface area contributed by atoms with E-state index in [9.17, 15) is 4.79 Å². The molecule has 4 heteroatoms. The first-order valence-electron chi connectivity index (χ1n) is 5.04. The molecule has 0 amide bonds. The minimum atomic E-state index is 0.474. The molecule has 0 aliphatic heterocycles. The summed E-state index contributed by atoms with van der Waals surface area (Å²) in [5.41, 5.74) is 2.51. The van der Waals surface area contributed by atoms with Gasteiger partial charge in [0, 0.05) is 0 Å². The summed E-state index contributed by atoms with van der Waals surface area (Å²) >= 11 is 1.61. The number of aldehydes is 1. The molecule has 0 saturated carbocycles. The van der Waals surface area contributed by atoms with Crippen molar-refractivity contribution in [2.75, 3.05) is 14.2 Å². The molecule has 0 saturated heterocycles. The highest BCUT2D eigenvalue weighted by molar-refractivity contribution is 7.08. The van der Waals surface area contributed by atoms with E-state index in [4.69, 9.17) is 9.47 Å². The van der Waals surface area contributed by atoms with E-state index in [1.807, 2.05) is 22.9 Å².